The van der Waals surface area contributed by atoms with E-state index in [-0.39, 0.29) is 22.0 Å². The molecular formula is C22H20F3N3O5S. The molecule has 0 bridgehead atoms. The molecule has 3 rings (SSSR count). The molecule has 0 unspecified atom stereocenters. The van der Waals surface area contributed by atoms with Crippen LogP contribution in [0.3, 0.4) is 0 Å². The second kappa shape index (κ2) is 10.4. The molecule has 0 spiro atoms. The van der Waals surface area contributed by atoms with Crippen molar-refractivity contribution in [3.8, 4) is 11.6 Å². The Bertz CT molecular complexity index is 1210. The monoisotopic (exact) mass is 495 g/mol. The molecule has 2 N–H and O–H groups in total. The van der Waals surface area contributed by atoms with Gasteiger partial charge in [-0.15, -0.1) is 0 Å². The number of benzene rings is 2. The number of nitrogens with zero attached hydrogens (tertiary/aromatic N) is 1. The van der Waals surface area contributed by atoms with Crippen molar-refractivity contribution in [3.63, 3.8) is 0 Å². The Kier molecular flexibility index (Phi) is 7.61. The van der Waals surface area contributed by atoms with E-state index in [1.807, 2.05) is 6.92 Å². The number of amides is 1. The summed E-state index contributed by atoms with van der Waals surface area (Å²) in [6, 6.07) is 14.1. The van der Waals surface area contributed by atoms with E-state index in [9.17, 15) is 26.4 Å². The third-order valence-electron chi connectivity index (χ3n) is 4.22. The molecule has 0 radical (unpaired) electrons. The summed E-state index contributed by atoms with van der Waals surface area (Å²) < 4.78 is 74.0. The van der Waals surface area contributed by atoms with Crippen LogP contribution in [-0.4, -0.2) is 38.7 Å². The first-order valence-corrected chi connectivity index (χ1v) is 11.4. The Morgan fingerprint density at radius 2 is 1.59 bits per heavy atom. The van der Waals surface area contributed by atoms with E-state index in [0.29, 0.717) is 18.0 Å². The number of halogens is 3. The predicted octanol–water partition coefficient (Wildman–Crippen LogP) is 4.47. The van der Waals surface area contributed by atoms with E-state index >= 15 is 0 Å². The lowest BCUT2D eigenvalue weighted by Crippen LogP contribution is -2.19. The molecule has 12 heteroatoms. The molecule has 3 aromatic rings. The van der Waals surface area contributed by atoms with Crippen LogP contribution in [0.15, 0.2) is 71.8 Å². The van der Waals surface area contributed by atoms with Gasteiger partial charge in [0.05, 0.1) is 23.4 Å². The van der Waals surface area contributed by atoms with Gasteiger partial charge in [-0.05, 0) is 61.5 Å². The zero-order valence-corrected chi connectivity index (χ0v) is 18.6. The van der Waals surface area contributed by atoms with Gasteiger partial charge in [0, 0.05) is 17.3 Å². The maximum Gasteiger partial charge on any atom is 0.422 e. The summed E-state index contributed by atoms with van der Waals surface area (Å²) in [5.41, 5.74) is 0.732. The smallest absolute Gasteiger partial charge is 0.422 e. The number of hydrogen-bond donors (Lipinski definition) is 2. The van der Waals surface area contributed by atoms with Crippen LogP contribution in [0, 0.1) is 0 Å². The highest BCUT2D eigenvalue weighted by Gasteiger charge is 2.28. The number of ether oxygens (including phenoxy) is 2. The van der Waals surface area contributed by atoms with Gasteiger partial charge in [0.2, 0.25) is 5.88 Å². The van der Waals surface area contributed by atoms with E-state index in [2.05, 4.69) is 19.8 Å². The van der Waals surface area contributed by atoms with Crippen molar-refractivity contribution < 1.29 is 35.9 Å². The van der Waals surface area contributed by atoms with Crippen molar-refractivity contribution in [2.24, 2.45) is 0 Å². The van der Waals surface area contributed by atoms with Gasteiger partial charge in [-0.2, -0.15) is 13.2 Å². The maximum absolute atomic E-state index is 12.6. The number of nitrogens with one attached hydrogen (secondary N) is 2. The second-order valence-electron chi connectivity index (χ2n) is 6.83. The summed E-state index contributed by atoms with van der Waals surface area (Å²) in [6.07, 6.45) is -3.35. The van der Waals surface area contributed by atoms with Crippen LogP contribution in [-0.2, 0) is 10.0 Å². The number of anilines is 2. The van der Waals surface area contributed by atoms with Crippen LogP contribution in [0.2, 0.25) is 0 Å². The fourth-order valence-electron chi connectivity index (χ4n) is 2.68. The number of sulfonamides is 1. The van der Waals surface area contributed by atoms with Crippen molar-refractivity contribution in [3.05, 3.63) is 72.4 Å². The zero-order valence-electron chi connectivity index (χ0n) is 17.8. The number of alkyl halides is 3. The third kappa shape index (κ3) is 7.10. The van der Waals surface area contributed by atoms with Gasteiger partial charge >= 0.3 is 6.18 Å². The number of carbonyl (C=O) groups excluding carboxylic acids is 1. The van der Waals surface area contributed by atoms with Crippen LogP contribution in [0.5, 0.6) is 11.6 Å². The first-order chi connectivity index (χ1) is 16.1. The summed E-state index contributed by atoms with van der Waals surface area (Å²) in [4.78, 5) is 16.0. The highest BCUT2D eigenvalue weighted by Crippen LogP contribution is 2.21. The highest BCUT2D eigenvalue weighted by atomic mass is 32.2. The lowest BCUT2D eigenvalue weighted by atomic mass is 10.2. The molecule has 1 aromatic heterocycles. The molecule has 34 heavy (non-hydrogen) atoms. The van der Waals surface area contributed by atoms with Gasteiger partial charge < -0.3 is 14.8 Å². The molecule has 1 heterocycles. The van der Waals surface area contributed by atoms with Gasteiger partial charge in [0.15, 0.2) is 6.61 Å². The average Bonchev–Trinajstić information content (AvgIpc) is 2.79. The van der Waals surface area contributed by atoms with Gasteiger partial charge in [0.1, 0.15) is 5.75 Å². The van der Waals surface area contributed by atoms with E-state index < -0.39 is 28.7 Å². The number of pyridine rings is 1. The summed E-state index contributed by atoms with van der Waals surface area (Å²) >= 11 is 0. The van der Waals surface area contributed by atoms with Crippen molar-refractivity contribution in [2.75, 3.05) is 23.3 Å². The minimum absolute atomic E-state index is 0.0502. The van der Waals surface area contributed by atoms with Crippen molar-refractivity contribution >= 4 is 27.3 Å². The van der Waals surface area contributed by atoms with Gasteiger partial charge in [-0.25, -0.2) is 13.4 Å². The Morgan fingerprint density at radius 3 is 2.15 bits per heavy atom. The first kappa shape index (κ1) is 24.8. The van der Waals surface area contributed by atoms with Crippen LogP contribution in [0.1, 0.15) is 17.3 Å². The van der Waals surface area contributed by atoms with E-state index in [1.54, 1.807) is 24.3 Å². The number of rotatable bonds is 9. The fourth-order valence-corrected chi connectivity index (χ4v) is 3.74. The Labute approximate surface area is 193 Å². The predicted molar refractivity (Wildman–Crippen MR) is 119 cm³/mol. The molecule has 0 atom stereocenters. The lowest BCUT2D eigenvalue weighted by molar-refractivity contribution is -0.154. The van der Waals surface area contributed by atoms with Crippen LogP contribution in [0.25, 0.3) is 0 Å². The minimum atomic E-state index is -4.49. The number of aromatic nitrogens is 1. The number of hydrogen-bond acceptors (Lipinski definition) is 6. The Balaban J connectivity index is 1.61. The summed E-state index contributed by atoms with van der Waals surface area (Å²) in [7, 11) is -3.89. The van der Waals surface area contributed by atoms with Crippen LogP contribution < -0.4 is 19.5 Å². The fraction of sp³-hybridized carbons (Fsp3) is 0.182. The largest absolute Gasteiger partial charge is 0.494 e. The molecule has 0 saturated carbocycles. The van der Waals surface area contributed by atoms with Gasteiger partial charge in [-0.1, -0.05) is 0 Å². The van der Waals surface area contributed by atoms with Gasteiger partial charge in [0.25, 0.3) is 15.9 Å². The molecular weight excluding hydrogens is 475 g/mol. The second-order valence-corrected chi connectivity index (χ2v) is 8.51. The zero-order chi connectivity index (χ0) is 24.8. The normalized spacial score (nSPS) is 11.5. The lowest BCUT2D eigenvalue weighted by Gasteiger charge is -2.10. The SMILES string of the molecule is CCOc1ccc(NS(=O)(=O)c2ccc(C(=O)Nc3ccc(OCC(F)(F)F)nc3)cc2)cc1. The molecule has 0 fully saturated rings. The molecule has 1 amide bonds. The van der Waals surface area contributed by atoms with E-state index in [0.717, 1.165) is 6.20 Å². The van der Waals surface area contributed by atoms with Crippen LogP contribution >= 0.6 is 0 Å². The van der Waals surface area contributed by atoms with Gasteiger partial charge in [-0.3, -0.25) is 9.52 Å². The van der Waals surface area contributed by atoms with Crippen molar-refractivity contribution in [1.82, 2.24) is 4.98 Å². The molecule has 0 aliphatic heterocycles. The molecule has 8 nitrogen and oxygen atoms in total. The summed E-state index contributed by atoms with van der Waals surface area (Å²) in [5, 5.41) is 2.52. The third-order valence-corrected chi connectivity index (χ3v) is 5.62. The Morgan fingerprint density at radius 1 is 0.941 bits per heavy atom. The van der Waals surface area contributed by atoms with Crippen molar-refractivity contribution in [1.29, 1.82) is 0 Å². The first-order valence-electron chi connectivity index (χ1n) is 9.88. The van der Waals surface area contributed by atoms with Crippen LogP contribution in [0.4, 0.5) is 24.5 Å². The standard InChI is InChI=1S/C22H20F3N3O5S/c1-2-32-18-8-5-16(6-9-18)28-34(30,31)19-10-3-15(4-11-19)21(29)27-17-7-12-20(26-13-17)33-14-22(23,24)25/h3-13,28H,2,14H2,1H3,(H,27,29). The number of carbonyl (C=O) groups is 1. The van der Waals surface area contributed by atoms with Crippen molar-refractivity contribution in [2.45, 2.75) is 18.0 Å². The molecule has 2 aromatic carbocycles. The molecule has 0 aliphatic carbocycles. The van der Waals surface area contributed by atoms with E-state index in [4.69, 9.17) is 4.74 Å². The maximum atomic E-state index is 12.6. The quantitative estimate of drug-likeness (QED) is 0.454. The Hall–Kier alpha value is -3.80. The topological polar surface area (TPSA) is 107 Å². The summed E-state index contributed by atoms with van der Waals surface area (Å²) in [6.45, 7) is 0.850. The van der Waals surface area contributed by atoms with E-state index in [1.165, 1.54) is 36.4 Å². The highest BCUT2D eigenvalue weighted by molar-refractivity contribution is 7.92. The summed E-state index contributed by atoms with van der Waals surface area (Å²) in [5.74, 6) is -0.196. The molecule has 0 saturated heterocycles. The average molecular weight is 495 g/mol. The molecule has 0 aliphatic rings. The minimum Gasteiger partial charge on any atom is -0.494 e. The molecule has 180 valence electrons.